The van der Waals surface area contributed by atoms with Crippen LogP contribution in [-0.4, -0.2) is 20.5 Å². The molecule has 3 rings (SSSR count). The highest BCUT2D eigenvalue weighted by atomic mass is 16.4. The van der Waals surface area contributed by atoms with Crippen molar-refractivity contribution >= 4 is 11.6 Å². The summed E-state index contributed by atoms with van der Waals surface area (Å²) in [7, 11) is 0. The smallest absolute Gasteiger partial charge is 0.310 e. The number of pyridine rings is 1. The van der Waals surface area contributed by atoms with Crippen LogP contribution in [0.25, 0.3) is 5.65 Å². The van der Waals surface area contributed by atoms with Gasteiger partial charge >= 0.3 is 5.97 Å². The second-order valence-electron chi connectivity index (χ2n) is 6.31. The lowest BCUT2D eigenvalue weighted by Gasteiger charge is -2.36. The zero-order valence-corrected chi connectivity index (χ0v) is 12.5. The number of carboxylic acids is 1. The molecule has 0 atom stereocenters. The van der Waals surface area contributed by atoms with Crippen LogP contribution in [0.2, 0.25) is 0 Å². The van der Waals surface area contributed by atoms with Crippen LogP contribution in [0.1, 0.15) is 44.7 Å². The van der Waals surface area contributed by atoms with E-state index < -0.39 is 11.4 Å². The molecule has 4 heteroatoms. The van der Waals surface area contributed by atoms with Gasteiger partial charge in [0, 0.05) is 18.8 Å². The summed E-state index contributed by atoms with van der Waals surface area (Å²) in [6.45, 7) is 2.19. The van der Waals surface area contributed by atoms with Crippen molar-refractivity contribution < 1.29 is 9.90 Å². The molecule has 4 nitrogen and oxygen atoms in total. The fourth-order valence-electron chi connectivity index (χ4n) is 3.52. The number of fused-ring (bicyclic) bond motifs is 1. The molecule has 1 aliphatic rings. The molecule has 2 heterocycles. The molecular weight excluding hydrogens is 264 g/mol. The maximum Gasteiger partial charge on any atom is 0.310 e. The fourth-order valence-corrected chi connectivity index (χ4v) is 3.52. The molecule has 1 aliphatic carbocycles. The lowest BCUT2D eigenvalue weighted by atomic mass is 9.67. The monoisotopic (exact) mass is 286 g/mol. The van der Waals surface area contributed by atoms with Gasteiger partial charge < -0.3 is 9.51 Å². The first-order valence-electron chi connectivity index (χ1n) is 7.79. The molecule has 2 aromatic rings. The predicted molar refractivity (Wildman–Crippen MR) is 81.2 cm³/mol. The number of hydrogen-bond donors (Lipinski definition) is 1. The largest absolute Gasteiger partial charge is 0.481 e. The van der Waals surface area contributed by atoms with Crippen LogP contribution < -0.4 is 0 Å². The number of imidazole rings is 1. The predicted octanol–water partition coefficient (Wildman–Crippen LogP) is 3.55. The molecule has 112 valence electrons. The minimum absolute atomic E-state index is 0.542. The average molecular weight is 286 g/mol. The van der Waals surface area contributed by atoms with Crippen LogP contribution in [0.15, 0.2) is 30.6 Å². The van der Waals surface area contributed by atoms with E-state index in [9.17, 15) is 9.90 Å². The van der Waals surface area contributed by atoms with Crippen molar-refractivity contribution in [3.63, 3.8) is 0 Å². The standard InChI is InChI=1S/C17H22N2O2/c1-2-13-6-8-17(9-7-13,16(20)21)11-14-12-19-10-4-3-5-15(19)18-14/h3-5,10,12-13H,2,6-9,11H2,1H3,(H,20,21). The van der Waals surface area contributed by atoms with Gasteiger partial charge in [0.1, 0.15) is 5.65 Å². The van der Waals surface area contributed by atoms with Crippen LogP contribution in [0.3, 0.4) is 0 Å². The molecule has 0 aliphatic heterocycles. The molecule has 1 saturated carbocycles. The van der Waals surface area contributed by atoms with Gasteiger partial charge in [-0.25, -0.2) is 4.98 Å². The van der Waals surface area contributed by atoms with Gasteiger partial charge in [-0.2, -0.15) is 0 Å². The Balaban J connectivity index is 1.84. The number of rotatable bonds is 4. The summed E-state index contributed by atoms with van der Waals surface area (Å²) in [5.41, 5.74) is 1.15. The van der Waals surface area contributed by atoms with Crippen LogP contribution >= 0.6 is 0 Å². The van der Waals surface area contributed by atoms with Gasteiger partial charge in [-0.3, -0.25) is 4.79 Å². The first-order chi connectivity index (χ1) is 10.1. The number of aromatic nitrogens is 2. The van der Waals surface area contributed by atoms with E-state index in [1.807, 2.05) is 35.0 Å². The van der Waals surface area contributed by atoms with E-state index in [0.717, 1.165) is 43.4 Å². The van der Waals surface area contributed by atoms with Crippen LogP contribution in [-0.2, 0) is 11.2 Å². The third-order valence-corrected chi connectivity index (χ3v) is 5.03. The van der Waals surface area contributed by atoms with Gasteiger partial charge in [-0.15, -0.1) is 0 Å². The van der Waals surface area contributed by atoms with Gasteiger partial charge in [-0.1, -0.05) is 19.4 Å². The first kappa shape index (κ1) is 14.1. The van der Waals surface area contributed by atoms with Crippen molar-refractivity contribution in [1.29, 1.82) is 0 Å². The molecule has 1 fully saturated rings. The Morgan fingerprint density at radius 3 is 2.81 bits per heavy atom. The summed E-state index contributed by atoms with van der Waals surface area (Å²) in [6, 6.07) is 5.86. The summed E-state index contributed by atoms with van der Waals surface area (Å²) in [5, 5.41) is 9.75. The second kappa shape index (κ2) is 5.51. The number of carboxylic acid groups (broad SMARTS) is 1. The van der Waals surface area contributed by atoms with Crippen molar-refractivity contribution in [2.75, 3.05) is 0 Å². The van der Waals surface area contributed by atoms with E-state index in [4.69, 9.17) is 0 Å². The van der Waals surface area contributed by atoms with Crippen molar-refractivity contribution in [3.8, 4) is 0 Å². The summed E-state index contributed by atoms with van der Waals surface area (Å²) in [6.07, 6.45) is 9.21. The molecule has 0 amide bonds. The molecule has 0 radical (unpaired) electrons. The van der Waals surface area contributed by atoms with E-state index in [2.05, 4.69) is 11.9 Å². The summed E-state index contributed by atoms with van der Waals surface area (Å²) in [4.78, 5) is 16.4. The Kier molecular flexibility index (Phi) is 3.70. The Morgan fingerprint density at radius 2 is 2.19 bits per heavy atom. The summed E-state index contributed by atoms with van der Waals surface area (Å²) >= 11 is 0. The van der Waals surface area contributed by atoms with E-state index in [1.54, 1.807) is 0 Å². The number of carbonyl (C=O) groups is 1. The molecule has 0 saturated heterocycles. The van der Waals surface area contributed by atoms with Crippen molar-refractivity contribution in [2.45, 2.75) is 45.4 Å². The fraction of sp³-hybridized carbons (Fsp3) is 0.529. The van der Waals surface area contributed by atoms with Crippen molar-refractivity contribution in [2.24, 2.45) is 11.3 Å². The third kappa shape index (κ3) is 2.67. The average Bonchev–Trinajstić information content (AvgIpc) is 2.89. The minimum Gasteiger partial charge on any atom is -0.481 e. The molecule has 0 bridgehead atoms. The number of hydrogen-bond acceptors (Lipinski definition) is 2. The molecule has 21 heavy (non-hydrogen) atoms. The molecule has 1 N–H and O–H groups in total. The van der Waals surface area contributed by atoms with Crippen molar-refractivity contribution in [3.05, 3.63) is 36.3 Å². The minimum atomic E-state index is -0.658. The van der Waals surface area contributed by atoms with Gasteiger partial charge in [0.15, 0.2) is 0 Å². The van der Waals surface area contributed by atoms with E-state index in [0.29, 0.717) is 12.3 Å². The van der Waals surface area contributed by atoms with E-state index in [-0.39, 0.29) is 0 Å². The van der Waals surface area contributed by atoms with Crippen LogP contribution in [0.5, 0.6) is 0 Å². The van der Waals surface area contributed by atoms with E-state index >= 15 is 0 Å². The highest BCUT2D eigenvalue weighted by molar-refractivity contribution is 5.75. The summed E-state index contributed by atoms with van der Waals surface area (Å²) in [5.74, 6) is 0.0349. The SMILES string of the molecule is CCC1CCC(Cc2cn3ccccc3n2)(C(=O)O)CC1. The van der Waals surface area contributed by atoms with Crippen LogP contribution in [0, 0.1) is 11.3 Å². The lowest BCUT2D eigenvalue weighted by molar-refractivity contribution is -0.151. The third-order valence-electron chi connectivity index (χ3n) is 5.03. The normalized spacial score (nSPS) is 26.0. The van der Waals surface area contributed by atoms with Gasteiger partial charge in [0.05, 0.1) is 11.1 Å². The van der Waals surface area contributed by atoms with Crippen LogP contribution in [0.4, 0.5) is 0 Å². The van der Waals surface area contributed by atoms with Gasteiger partial charge in [0.2, 0.25) is 0 Å². The molecule has 0 unspecified atom stereocenters. The van der Waals surface area contributed by atoms with Gasteiger partial charge in [-0.05, 0) is 43.7 Å². The Bertz CT molecular complexity index is 606. The second-order valence-corrected chi connectivity index (χ2v) is 6.31. The molecule has 2 aromatic heterocycles. The molecule has 0 aromatic carbocycles. The highest BCUT2D eigenvalue weighted by Crippen LogP contribution is 2.42. The highest BCUT2D eigenvalue weighted by Gasteiger charge is 2.42. The first-order valence-corrected chi connectivity index (χ1v) is 7.79. The maximum atomic E-state index is 11.9. The van der Waals surface area contributed by atoms with E-state index in [1.165, 1.54) is 0 Å². The van der Waals surface area contributed by atoms with Crippen molar-refractivity contribution in [1.82, 2.24) is 9.38 Å². The summed E-state index contributed by atoms with van der Waals surface area (Å²) < 4.78 is 1.96. The number of nitrogens with zero attached hydrogens (tertiary/aromatic N) is 2. The maximum absolute atomic E-state index is 11.9. The van der Waals surface area contributed by atoms with Gasteiger partial charge in [0.25, 0.3) is 0 Å². The Labute approximate surface area is 124 Å². The quantitative estimate of drug-likeness (QED) is 0.935. The Morgan fingerprint density at radius 1 is 1.43 bits per heavy atom. The molecular formula is C17H22N2O2. The lowest BCUT2D eigenvalue weighted by Crippen LogP contribution is -2.37. The zero-order valence-electron chi connectivity index (χ0n) is 12.5. The Hall–Kier alpha value is -1.84. The zero-order chi connectivity index (χ0) is 14.9. The number of aliphatic carboxylic acids is 1. The molecule has 0 spiro atoms. The topological polar surface area (TPSA) is 54.6 Å².